The molecule has 1 aliphatic rings. The first-order chi connectivity index (χ1) is 13.4. The lowest BCUT2D eigenvalue weighted by molar-refractivity contribution is 0.0767. The maximum atomic E-state index is 13.4. The molecule has 0 spiro atoms. The van der Waals surface area contributed by atoms with Crippen molar-refractivity contribution in [1.82, 2.24) is 14.9 Å². The minimum absolute atomic E-state index is 0.0399. The number of nitrogens with zero attached hydrogens (tertiary/aromatic N) is 1. The Balaban J connectivity index is 1.58. The average Bonchev–Trinajstić information content (AvgIpc) is 3.21. The zero-order valence-electron chi connectivity index (χ0n) is 16.1. The van der Waals surface area contributed by atoms with Gasteiger partial charge >= 0.3 is 0 Å². The third-order valence-corrected chi connectivity index (χ3v) is 5.49. The summed E-state index contributed by atoms with van der Waals surface area (Å²) in [4.78, 5) is 32.8. The summed E-state index contributed by atoms with van der Waals surface area (Å²) in [7, 11) is 0. The van der Waals surface area contributed by atoms with Crippen LogP contribution in [0.2, 0.25) is 0 Å². The van der Waals surface area contributed by atoms with Crippen LogP contribution < -0.4 is 0 Å². The number of hydrogen-bond acceptors (Lipinski definition) is 2. The number of fused-ring (bicyclic) bond motifs is 1. The molecule has 144 valence electrons. The zero-order valence-corrected chi connectivity index (χ0v) is 16.1. The molecule has 0 radical (unpaired) electrons. The van der Waals surface area contributed by atoms with Gasteiger partial charge in [0, 0.05) is 47.0 Å². The second kappa shape index (κ2) is 6.78. The van der Waals surface area contributed by atoms with Crippen molar-refractivity contribution < 1.29 is 14.0 Å². The summed E-state index contributed by atoms with van der Waals surface area (Å²) in [5.41, 5.74) is 5.49. The molecule has 3 heterocycles. The molecule has 1 aromatic carbocycles. The molecule has 4 rings (SSSR count). The summed E-state index contributed by atoms with van der Waals surface area (Å²) >= 11 is 0. The first-order valence-electron chi connectivity index (χ1n) is 9.32. The standard InChI is InChI=1S/C22H22FN3O2/c1-12-20(14(3)27)13(2)25-21(12)22(28)26-8-6-15(7-9-26)18-11-24-19-10-16(23)4-5-17(18)19/h4-6,10-11,24-25H,7-9H2,1-3H3. The fourth-order valence-corrected chi connectivity index (χ4v) is 4.11. The van der Waals surface area contributed by atoms with Crippen molar-refractivity contribution in [2.45, 2.75) is 27.2 Å². The number of ketones is 1. The van der Waals surface area contributed by atoms with Crippen LogP contribution >= 0.6 is 0 Å². The molecule has 28 heavy (non-hydrogen) atoms. The Labute approximate surface area is 162 Å². The van der Waals surface area contributed by atoms with Crippen molar-refractivity contribution >= 4 is 28.2 Å². The molecular formula is C22H22FN3O2. The van der Waals surface area contributed by atoms with E-state index in [1.54, 1.807) is 11.0 Å². The van der Waals surface area contributed by atoms with Crippen LogP contribution in [0.4, 0.5) is 4.39 Å². The highest BCUT2D eigenvalue weighted by molar-refractivity contribution is 6.03. The van der Waals surface area contributed by atoms with Gasteiger partial charge in [-0.3, -0.25) is 9.59 Å². The van der Waals surface area contributed by atoms with Gasteiger partial charge in [-0.1, -0.05) is 6.08 Å². The van der Waals surface area contributed by atoms with E-state index in [9.17, 15) is 14.0 Å². The number of carbonyl (C=O) groups excluding carboxylic acids is 2. The smallest absolute Gasteiger partial charge is 0.270 e. The molecule has 0 atom stereocenters. The van der Waals surface area contributed by atoms with Gasteiger partial charge < -0.3 is 14.9 Å². The van der Waals surface area contributed by atoms with E-state index in [4.69, 9.17) is 0 Å². The maximum Gasteiger partial charge on any atom is 0.270 e. The second-order valence-corrected chi connectivity index (χ2v) is 7.30. The lowest BCUT2D eigenvalue weighted by atomic mass is 9.98. The predicted octanol–water partition coefficient (Wildman–Crippen LogP) is 4.38. The molecule has 0 unspecified atom stereocenters. The number of amides is 1. The van der Waals surface area contributed by atoms with Crippen molar-refractivity contribution in [3.05, 3.63) is 64.4 Å². The molecule has 5 nitrogen and oxygen atoms in total. The Morgan fingerprint density at radius 1 is 1.21 bits per heavy atom. The molecule has 6 heteroatoms. The Hall–Kier alpha value is -3.15. The third kappa shape index (κ3) is 2.95. The number of benzene rings is 1. The van der Waals surface area contributed by atoms with Gasteiger partial charge in [0.05, 0.1) is 0 Å². The monoisotopic (exact) mass is 379 g/mol. The van der Waals surface area contributed by atoms with Gasteiger partial charge in [-0.2, -0.15) is 0 Å². The number of aromatic nitrogens is 2. The summed E-state index contributed by atoms with van der Waals surface area (Å²) in [6.45, 7) is 6.22. The number of nitrogens with one attached hydrogen (secondary N) is 2. The Kier molecular flexibility index (Phi) is 4.41. The number of Topliss-reactive ketones (excluding diaryl/α,β-unsaturated/α-hetero) is 1. The topological polar surface area (TPSA) is 69.0 Å². The fourth-order valence-electron chi connectivity index (χ4n) is 4.11. The highest BCUT2D eigenvalue weighted by Crippen LogP contribution is 2.30. The number of rotatable bonds is 3. The largest absolute Gasteiger partial charge is 0.360 e. The van der Waals surface area contributed by atoms with E-state index in [1.165, 1.54) is 19.1 Å². The molecule has 2 aromatic heterocycles. The lowest BCUT2D eigenvalue weighted by Crippen LogP contribution is -2.35. The van der Waals surface area contributed by atoms with Crippen LogP contribution in [0.1, 0.15) is 51.0 Å². The molecule has 0 fully saturated rings. The van der Waals surface area contributed by atoms with Crippen molar-refractivity contribution in [2.75, 3.05) is 13.1 Å². The molecule has 1 amide bonds. The minimum atomic E-state index is -0.267. The van der Waals surface area contributed by atoms with Crippen LogP contribution in [-0.4, -0.2) is 39.6 Å². The summed E-state index contributed by atoms with van der Waals surface area (Å²) in [6, 6.07) is 4.73. The second-order valence-electron chi connectivity index (χ2n) is 7.30. The van der Waals surface area contributed by atoms with Crippen LogP contribution in [-0.2, 0) is 0 Å². The van der Waals surface area contributed by atoms with Crippen molar-refractivity contribution in [2.24, 2.45) is 0 Å². The minimum Gasteiger partial charge on any atom is -0.360 e. The normalized spacial score (nSPS) is 14.4. The lowest BCUT2D eigenvalue weighted by Gasteiger charge is -2.26. The first-order valence-corrected chi connectivity index (χ1v) is 9.32. The molecular weight excluding hydrogens is 357 g/mol. The number of hydrogen-bond donors (Lipinski definition) is 2. The number of H-pyrrole nitrogens is 2. The third-order valence-electron chi connectivity index (χ3n) is 5.49. The van der Waals surface area contributed by atoms with E-state index in [-0.39, 0.29) is 17.5 Å². The highest BCUT2D eigenvalue weighted by Gasteiger charge is 2.25. The summed E-state index contributed by atoms with van der Waals surface area (Å²) < 4.78 is 13.4. The van der Waals surface area contributed by atoms with Crippen LogP contribution in [0.3, 0.4) is 0 Å². The first kappa shape index (κ1) is 18.2. The van der Waals surface area contributed by atoms with Gasteiger partial charge in [0.2, 0.25) is 0 Å². The van der Waals surface area contributed by atoms with Crippen LogP contribution in [0.25, 0.3) is 16.5 Å². The number of aromatic amines is 2. The van der Waals surface area contributed by atoms with Crippen molar-refractivity contribution in [3.8, 4) is 0 Å². The van der Waals surface area contributed by atoms with Crippen LogP contribution in [0.15, 0.2) is 30.5 Å². The highest BCUT2D eigenvalue weighted by atomic mass is 19.1. The Bertz CT molecular complexity index is 1140. The molecule has 0 bridgehead atoms. The zero-order chi connectivity index (χ0) is 20.0. The molecule has 0 saturated carbocycles. The number of aryl methyl sites for hydroxylation is 1. The molecule has 0 aliphatic carbocycles. The van der Waals surface area contributed by atoms with E-state index in [0.717, 1.165) is 27.7 Å². The van der Waals surface area contributed by atoms with E-state index in [2.05, 4.69) is 9.97 Å². The van der Waals surface area contributed by atoms with Crippen LogP contribution in [0, 0.1) is 19.7 Å². The van der Waals surface area contributed by atoms with Crippen molar-refractivity contribution in [3.63, 3.8) is 0 Å². The van der Waals surface area contributed by atoms with Gasteiger partial charge in [-0.05, 0) is 56.5 Å². The summed E-state index contributed by atoms with van der Waals surface area (Å²) in [5.74, 6) is -0.400. The Morgan fingerprint density at radius 3 is 2.64 bits per heavy atom. The van der Waals surface area contributed by atoms with Gasteiger partial charge in [-0.25, -0.2) is 4.39 Å². The maximum absolute atomic E-state index is 13.4. The molecule has 0 saturated heterocycles. The predicted molar refractivity (Wildman–Crippen MR) is 107 cm³/mol. The molecule has 1 aliphatic heterocycles. The van der Waals surface area contributed by atoms with E-state index >= 15 is 0 Å². The fraction of sp³-hybridized carbons (Fsp3) is 0.273. The van der Waals surface area contributed by atoms with Gasteiger partial charge in [0.25, 0.3) is 5.91 Å². The number of halogens is 1. The quantitative estimate of drug-likeness (QED) is 0.663. The van der Waals surface area contributed by atoms with E-state index in [1.807, 2.05) is 26.1 Å². The number of carbonyl (C=O) groups is 2. The average molecular weight is 379 g/mol. The summed E-state index contributed by atoms with van der Waals surface area (Å²) in [5, 5.41) is 0.981. The van der Waals surface area contributed by atoms with E-state index in [0.29, 0.717) is 36.3 Å². The Morgan fingerprint density at radius 2 is 2.00 bits per heavy atom. The SMILES string of the molecule is CC(=O)c1c(C)[nH]c(C(=O)N2CC=C(c3c[nH]c4cc(F)ccc34)CC2)c1C. The van der Waals surface area contributed by atoms with Gasteiger partial charge in [0.1, 0.15) is 11.5 Å². The van der Waals surface area contributed by atoms with Crippen LogP contribution in [0.5, 0.6) is 0 Å². The summed E-state index contributed by atoms with van der Waals surface area (Å²) in [6.07, 6.45) is 4.66. The van der Waals surface area contributed by atoms with Crippen molar-refractivity contribution in [1.29, 1.82) is 0 Å². The van der Waals surface area contributed by atoms with Gasteiger partial charge in [-0.15, -0.1) is 0 Å². The van der Waals surface area contributed by atoms with E-state index < -0.39 is 0 Å². The molecule has 3 aromatic rings. The molecule has 2 N–H and O–H groups in total. The van der Waals surface area contributed by atoms with Gasteiger partial charge in [0.15, 0.2) is 5.78 Å².